The van der Waals surface area contributed by atoms with Gasteiger partial charge in [-0.05, 0) is 49.1 Å². The zero-order valence-corrected chi connectivity index (χ0v) is 15.2. The van der Waals surface area contributed by atoms with Gasteiger partial charge in [0.25, 0.3) is 0 Å². The molecular weight excluding hydrogens is 326 g/mol. The first-order chi connectivity index (χ1) is 12.8. The van der Waals surface area contributed by atoms with Crippen molar-refractivity contribution in [3.8, 4) is 5.75 Å². The van der Waals surface area contributed by atoms with E-state index in [-0.39, 0.29) is 0 Å². The van der Waals surface area contributed by atoms with Gasteiger partial charge in [0.1, 0.15) is 5.75 Å². The Labute approximate surface area is 154 Å². The number of rotatable bonds is 5. The van der Waals surface area contributed by atoms with Gasteiger partial charge in [-0.25, -0.2) is 0 Å². The number of hydrogen-bond acceptors (Lipinski definition) is 5. The normalized spacial score (nSPS) is 22.3. The quantitative estimate of drug-likeness (QED) is 0.771. The topological polar surface area (TPSA) is 56.8 Å². The van der Waals surface area contributed by atoms with E-state index in [2.05, 4.69) is 53.1 Å². The van der Waals surface area contributed by atoms with Crippen LogP contribution in [0.3, 0.4) is 0 Å². The first kappa shape index (κ1) is 17.3. The number of methoxy groups -OCH3 is 1. The lowest BCUT2D eigenvalue weighted by atomic mass is 9.92. The van der Waals surface area contributed by atoms with Crippen LogP contribution < -0.4 is 20.4 Å². The third kappa shape index (κ3) is 3.43. The summed E-state index contributed by atoms with van der Waals surface area (Å²) >= 11 is 0. The fourth-order valence-corrected chi connectivity index (χ4v) is 4.13. The van der Waals surface area contributed by atoms with Crippen molar-refractivity contribution in [1.29, 1.82) is 0 Å². The molecule has 0 aliphatic carbocycles. The highest BCUT2D eigenvalue weighted by atomic mass is 16.5. The van der Waals surface area contributed by atoms with Crippen molar-refractivity contribution in [2.75, 3.05) is 25.3 Å². The molecule has 0 spiro atoms. The Kier molecular flexibility index (Phi) is 5.11. The van der Waals surface area contributed by atoms with E-state index in [4.69, 9.17) is 4.74 Å². The molecule has 2 aliphatic rings. The lowest BCUT2D eigenvalue weighted by molar-refractivity contribution is 0.264. The Morgan fingerprint density at radius 1 is 1.27 bits per heavy atom. The number of hydrogen-bond donors (Lipinski definition) is 3. The second-order valence-electron chi connectivity index (χ2n) is 7.14. The van der Waals surface area contributed by atoms with Crippen LogP contribution in [0.25, 0.3) is 0 Å². The largest absolute Gasteiger partial charge is 0.496 e. The van der Waals surface area contributed by atoms with E-state index in [0.29, 0.717) is 18.6 Å². The van der Waals surface area contributed by atoms with Crippen molar-refractivity contribution in [3.63, 3.8) is 0 Å². The summed E-state index contributed by atoms with van der Waals surface area (Å²) in [6, 6.07) is 15.5. The molecule has 1 fully saturated rings. The smallest absolute Gasteiger partial charge is 0.123 e. The van der Waals surface area contributed by atoms with Crippen molar-refractivity contribution >= 4 is 5.69 Å². The second kappa shape index (κ2) is 7.66. The number of nitrogens with one attached hydrogen (secondary N) is 2. The van der Waals surface area contributed by atoms with Gasteiger partial charge in [-0.2, -0.15) is 0 Å². The Morgan fingerprint density at radius 3 is 2.92 bits per heavy atom. The fourth-order valence-electron chi connectivity index (χ4n) is 4.13. The average molecular weight is 353 g/mol. The van der Waals surface area contributed by atoms with E-state index >= 15 is 0 Å². The molecule has 0 aromatic heterocycles. The van der Waals surface area contributed by atoms with Crippen LogP contribution in [0.15, 0.2) is 42.5 Å². The van der Waals surface area contributed by atoms with Crippen molar-refractivity contribution in [3.05, 3.63) is 59.2 Å². The van der Waals surface area contributed by atoms with Gasteiger partial charge in [0.15, 0.2) is 0 Å². The molecule has 138 valence electrons. The summed E-state index contributed by atoms with van der Waals surface area (Å²) < 4.78 is 5.60. The molecule has 26 heavy (non-hydrogen) atoms. The summed E-state index contributed by atoms with van der Waals surface area (Å²) in [6.07, 6.45) is 3.18. The molecule has 0 amide bonds. The maximum absolute atomic E-state index is 10.0. The highest BCUT2D eigenvalue weighted by Gasteiger charge is 2.26. The van der Waals surface area contributed by atoms with Gasteiger partial charge in [-0.1, -0.05) is 30.3 Å². The van der Waals surface area contributed by atoms with Gasteiger partial charge < -0.3 is 15.4 Å². The summed E-state index contributed by atoms with van der Waals surface area (Å²) in [5.74, 6) is 0.895. The summed E-state index contributed by atoms with van der Waals surface area (Å²) in [7, 11) is 1.71. The van der Waals surface area contributed by atoms with E-state index < -0.39 is 0 Å². The molecule has 2 aromatic carbocycles. The van der Waals surface area contributed by atoms with E-state index in [1.54, 1.807) is 7.11 Å². The molecule has 0 saturated carbocycles. The van der Waals surface area contributed by atoms with Gasteiger partial charge in [0.05, 0.1) is 12.8 Å². The molecule has 4 rings (SSSR count). The lowest BCUT2D eigenvalue weighted by Gasteiger charge is -2.34. The van der Waals surface area contributed by atoms with Gasteiger partial charge in [0.2, 0.25) is 0 Å². The second-order valence-corrected chi connectivity index (χ2v) is 7.14. The first-order valence-electron chi connectivity index (χ1n) is 9.44. The molecule has 5 nitrogen and oxygen atoms in total. The molecule has 2 aromatic rings. The maximum atomic E-state index is 10.0. The van der Waals surface area contributed by atoms with Crippen LogP contribution in [-0.4, -0.2) is 31.4 Å². The zero-order valence-electron chi connectivity index (χ0n) is 15.2. The Balaban J connectivity index is 1.51. The van der Waals surface area contributed by atoms with Gasteiger partial charge >= 0.3 is 0 Å². The van der Waals surface area contributed by atoms with Crippen LogP contribution in [0, 0.1) is 0 Å². The summed E-state index contributed by atoms with van der Waals surface area (Å²) in [5.41, 5.74) is 4.47. The van der Waals surface area contributed by atoms with E-state index in [1.165, 1.54) is 17.0 Å². The number of benzene rings is 2. The maximum Gasteiger partial charge on any atom is 0.123 e. The Hall–Kier alpha value is -2.08. The minimum absolute atomic E-state index is 0.319. The molecular formula is C21H27N3O2. The van der Waals surface area contributed by atoms with Crippen LogP contribution in [0.4, 0.5) is 5.69 Å². The third-order valence-electron chi connectivity index (χ3n) is 5.52. The number of nitrogens with zero attached hydrogens (tertiary/aromatic N) is 1. The zero-order chi connectivity index (χ0) is 17.9. The monoisotopic (exact) mass is 353 g/mol. The van der Waals surface area contributed by atoms with Gasteiger partial charge in [-0.3, -0.25) is 10.3 Å². The molecule has 0 bridgehead atoms. The number of piperidine rings is 1. The number of fused-ring (bicyclic) bond motifs is 1. The molecule has 2 atom stereocenters. The van der Waals surface area contributed by atoms with Gasteiger partial charge in [-0.15, -0.1) is 0 Å². The van der Waals surface area contributed by atoms with Crippen LogP contribution in [-0.2, 0) is 13.0 Å². The number of hydroxylamine groups is 1. The molecule has 2 heterocycles. The first-order valence-corrected chi connectivity index (χ1v) is 9.44. The summed E-state index contributed by atoms with van der Waals surface area (Å²) in [5, 5.41) is 18.8. The number of ether oxygens (including phenoxy) is 1. The van der Waals surface area contributed by atoms with E-state index in [1.807, 2.05) is 0 Å². The molecule has 2 unspecified atom stereocenters. The molecule has 1 saturated heterocycles. The molecule has 2 aliphatic heterocycles. The third-order valence-corrected chi connectivity index (χ3v) is 5.52. The summed E-state index contributed by atoms with van der Waals surface area (Å²) in [6.45, 7) is 2.43. The summed E-state index contributed by atoms with van der Waals surface area (Å²) in [4.78, 5) is 0. The molecule has 3 N–H and O–H groups in total. The van der Waals surface area contributed by atoms with Gasteiger partial charge in [0, 0.05) is 30.7 Å². The van der Waals surface area contributed by atoms with Crippen molar-refractivity contribution in [2.24, 2.45) is 0 Å². The van der Waals surface area contributed by atoms with Crippen molar-refractivity contribution < 1.29 is 9.94 Å². The van der Waals surface area contributed by atoms with Crippen LogP contribution in [0.2, 0.25) is 0 Å². The predicted octanol–water partition coefficient (Wildman–Crippen LogP) is 3.03. The average Bonchev–Trinajstić information content (AvgIpc) is 3.06. The van der Waals surface area contributed by atoms with Crippen LogP contribution in [0.5, 0.6) is 5.75 Å². The highest BCUT2D eigenvalue weighted by Crippen LogP contribution is 2.34. The lowest BCUT2D eigenvalue weighted by Crippen LogP contribution is -2.45. The van der Waals surface area contributed by atoms with Crippen molar-refractivity contribution in [2.45, 2.75) is 37.9 Å². The van der Waals surface area contributed by atoms with Crippen LogP contribution in [0.1, 0.15) is 35.6 Å². The highest BCUT2D eigenvalue weighted by molar-refractivity contribution is 5.61. The Bertz CT molecular complexity index is 750. The van der Waals surface area contributed by atoms with E-state index in [9.17, 15) is 5.21 Å². The fraction of sp³-hybridized carbons (Fsp3) is 0.429. The molecule has 5 heteroatoms. The molecule has 0 radical (unpaired) electrons. The standard InChI is InChI=1S/C21H27N3O2/c1-26-20-13-16-9-11-24(25)19(16)12-17(20)14-23-18-8-5-10-22-21(18)15-6-3-2-4-7-15/h2-4,6-7,12-13,18,21-23,25H,5,8-11,14H2,1H3. The Morgan fingerprint density at radius 2 is 2.12 bits per heavy atom. The van der Waals surface area contributed by atoms with Crippen molar-refractivity contribution in [1.82, 2.24) is 10.6 Å². The predicted molar refractivity (Wildman–Crippen MR) is 103 cm³/mol. The minimum Gasteiger partial charge on any atom is -0.496 e. The van der Waals surface area contributed by atoms with E-state index in [0.717, 1.165) is 48.5 Å². The minimum atomic E-state index is 0.319. The van der Waals surface area contributed by atoms with Crippen LogP contribution >= 0.6 is 0 Å². The number of anilines is 1. The SMILES string of the molecule is COc1cc2c(cc1CNC1CCCNC1c1ccccc1)N(O)CC2.